The zero-order valence-corrected chi connectivity index (χ0v) is 13.1. The van der Waals surface area contributed by atoms with Gasteiger partial charge in [-0.2, -0.15) is 0 Å². The monoisotopic (exact) mass is 328 g/mol. The fourth-order valence-corrected chi connectivity index (χ4v) is 2.82. The van der Waals surface area contributed by atoms with Crippen molar-refractivity contribution in [2.24, 2.45) is 4.99 Å². The van der Waals surface area contributed by atoms with Crippen LogP contribution in [0.1, 0.15) is 23.6 Å². The van der Waals surface area contributed by atoms with Gasteiger partial charge in [0.1, 0.15) is 6.04 Å². The van der Waals surface area contributed by atoms with Crippen LogP contribution in [0, 0.1) is 10.1 Å². The summed E-state index contributed by atoms with van der Waals surface area (Å²) in [6.07, 6.45) is 0.200. The van der Waals surface area contributed by atoms with Crippen molar-refractivity contribution in [1.29, 1.82) is 0 Å². The number of hydrogen-bond donors (Lipinski definition) is 0. The number of nitro benzene ring substituents is 1. The van der Waals surface area contributed by atoms with Gasteiger partial charge >= 0.3 is 0 Å². The maximum Gasteiger partial charge on any atom is 0.270 e. The van der Waals surface area contributed by atoms with E-state index in [2.05, 4.69) is 4.99 Å². The molecule has 0 aliphatic carbocycles. The fraction of sp³-hybridized carbons (Fsp3) is 0.176. The third kappa shape index (κ3) is 2.87. The summed E-state index contributed by atoms with van der Waals surface area (Å²) in [7, 11) is 0. The maximum absolute atomic E-state index is 12.2. The minimum absolute atomic E-state index is 0.0258. The molecule has 0 spiro atoms. The van der Waals surface area contributed by atoms with Crippen LogP contribution >= 0.6 is 11.6 Å². The Morgan fingerprint density at radius 2 is 1.96 bits per heavy atom. The molecule has 116 valence electrons. The van der Waals surface area contributed by atoms with Crippen LogP contribution in [0.5, 0.6) is 0 Å². The molecule has 5 nitrogen and oxygen atoms in total. The van der Waals surface area contributed by atoms with E-state index in [1.807, 2.05) is 6.07 Å². The summed E-state index contributed by atoms with van der Waals surface area (Å²) >= 11 is 6.26. The van der Waals surface area contributed by atoms with Gasteiger partial charge in [0, 0.05) is 34.7 Å². The quantitative estimate of drug-likeness (QED) is 0.624. The third-order valence-corrected chi connectivity index (χ3v) is 4.17. The molecule has 2 aromatic carbocycles. The molecule has 0 fully saturated rings. The minimum atomic E-state index is -0.521. The van der Waals surface area contributed by atoms with Crippen molar-refractivity contribution in [3.63, 3.8) is 0 Å². The van der Waals surface area contributed by atoms with E-state index in [4.69, 9.17) is 11.6 Å². The second-order valence-electron chi connectivity index (χ2n) is 5.38. The van der Waals surface area contributed by atoms with Crippen molar-refractivity contribution >= 4 is 28.8 Å². The Balaban J connectivity index is 2.27. The van der Waals surface area contributed by atoms with Crippen molar-refractivity contribution in [3.05, 3.63) is 74.3 Å². The van der Waals surface area contributed by atoms with Gasteiger partial charge in [-0.15, -0.1) is 0 Å². The maximum atomic E-state index is 12.2. The largest absolute Gasteiger partial charge is 0.297 e. The number of carbonyl (C=O) groups excluding carboxylic acids is 1. The first-order valence-electron chi connectivity index (χ1n) is 7.10. The fourth-order valence-electron chi connectivity index (χ4n) is 2.59. The van der Waals surface area contributed by atoms with Crippen molar-refractivity contribution in [1.82, 2.24) is 0 Å². The number of hydrogen-bond acceptors (Lipinski definition) is 4. The van der Waals surface area contributed by atoms with Gasteiger partial charge in [-0.05, 0) is 18.6 Å². The Labute approximate surface area is 137 Å². The average molecular weight is 329 g/mol. The Kier molecular flexibility index (Phi) is 3.96. The molecule has 0 N–H and O–H groups in total. The van der Waals surface area contributed by atoms with Crippen molar-refractivity contribution in [3.8, 4) is 0 Å². The molecule has 3 rings (SSSR count). The average Bonchev–Trinajstić information content (AvgIpc) is 2.64. The second kappa shape index (κ2) is 5.93. The number of benzene rings is 2. The van der Waals surface area contributed by atoms with E-state index >= 15 is 0 Å². The Bertz CT molecular complexity index is 845. The lowest BCUT2D eigenvalue weighted by Crippen LogP contribution is -2.16. The van der Waals surface area contributed by atoms with Gasteiger partial charge in [-0.3, -0.25) is 19.9 Å². The lowest BCUT2D eigenvalue weighted by Gasteiger charge is -2.11. The first-order chi connectivity index (χ1) is 11.0. The lowest BCUT2D eigenvalue weighted by molar-refractivity contribution is -0.384. The van der Waals surface area contributed by atoms with Crippen LogP contribution in [0.25, 0.3) is 0 Å². The van der Waals surface area contributed by atoms with E-state index in [9.17, 15) is 14.9 Å². The van der Waals surface area contributed by atoms with Crippen LogP contribution in [0.2, 0.25) is 5.02 Å². The molecule has 0 saturated heterocycles. The number of fused-ring (bicyclic) bond motifs is 1. The lowest BCUT2D eigenvalue weighted by atomic mass is 9.95. The number of nitro groups is 1. The van der Waals surface area contributed by atoms with Crippen molar-refractivity contribution in [2.75, 3.05) is 0 Å². The standard InChI is InChI=1S/C17H13ClN2O3/c1-10-16(21)8-11-6-7-12(20(22)23)9-14(11)17(19-10)13-4-2-3-5-15(13)18/h2-7,9-10H,8H2,1H3/t10-/m0/s1. The van der Waals surface area contributed by atoms with Crippen LogP contribution < -0.4 is 0 Å². The number of rotatable bonds is 2. The SMILES string of the molecule is C[C@@H]1N=C(c2ccccc2Cl)c2cc([N+](=O)[O-])ccc2CC1=O. The first-order valence-corrected chi connectivity index (χ1v) is 7.48. The Morgan fingerprint density at radius 1 is 1.22 bits per heavy atom. The summed E-state index contributed by atoms with van der Waals surface area (Å²) in [6.45, 7) is 1.72. The predicted molar refractivity (Wildman–Crippen MR) is 88.4 cm³/mol. The van der Waals surface area contributed by atoms with Crippen LogP contribution in [0.15, 0.2) is 47.5 Å². The summed E-state index contributed by atoms with van der Waals surface area (Å²) in [5, 5.41) is 11.6. The van der Waals surface area contributed by atoms with Gasteiger partial charge in [0.2, 0.25) is 0 Å². The highest BCUT2D eigenvalue weighted by molar-refractivity contribution is 6.35. The molecule has 2 aromatic rings. The summed E-state index contributed by atoms with van der Waals surface area (Å²) in [4.78, 5) is 27.3. The Morgan fingerprint density at radius 3 is 2.65 bits per heavy atom. The molecule has 0 saturated carbocycles. The summed E-state index contributed by atoms with van der Waals surface area (Å²) in [5.41, 5.74) is 2.46. The van der Waals surface area contributed by atoms with Gasteiger partial charge < -0.3 is 0 Å². The molecule has 0 unspecified atom stereocenters. The molecule has 0 radical (unpaired) electrons. The highest BCUT2D eigenvalue weighted by atomic mass is 35.5. The summed E-state index contributed by atoms with van der Waals surface area (Å²) in [6, 6.07) is 11.1. The molecule has 1 heterocycles. The first kappa shape index (κ1) is 15.4. The molecule has 0 aromatic heterocycles. The number of Topliss-reactive ketones (excluding diaryl/α,β-unsaturated/α-hetero) is 1. The predicted octanol–water partition coefficient (Wildman–Crippen LogP) is 3.60. The number of non-ortho nitro benzene ring substituents is 1. The van der Waals surface area contributed by atoms with Crippen LogP contribution in [-0.2, 0) is 11.2 Å². The smallest absolute Gasteiger partial charge is 0.270 e. The minimum Gasteiger partial charge on any atom is -0.297 e. The Hall–Kier alpha value is -2.53. The number of nitrogens with zero attached hydrogens (tertiary/aromatic N) is 2. The second-order valence-corrected chi connectivity index (χ2v) is 5.78. The van der Waals surface area contributed by atoms with Gasteiger partial charge in [0.05, 0.1) is 10.6 Å². The zero-order chi connectivity index (χ0) is 16.6. The van der Waals surface area contributed by atoms with E-state index in [1.54, 1.807) is 31.2 Å². The topological polar surface area (TPSA) is 72.6 Å². The summed E-state index contributed by atoms with van der Waals surface area (Å²) in [5.74, 6) is -0.0258. The number of ketones is 1. The number of carbonyl (C=O) groups is 1. The zero-order valence-electron chi connectivity index (χ0n) is 12.3. The van der Waals surface area contributed by atoms with Crippen LogP contribution in [0.3, 0.4) is 0 Å². The van der Waals surface area contributed by atoms with E-state index < -0.39 is 11.0 Å². The number of halogens is 1. The van der Waals surface area contributed by atoms with E-state index in [-0.39, 0.29) is 17.9 Å². The molecular weight excluding hydrogens is 316 g/mol. The summed E-state index contributed by atoms with van der Waals surface area (Å²) < 4.78 is 0. The molecule has 6 heteroatoms. The van der Waals surface area contributed by atoms with Crippen LogP contribution in [-0.4, -0.2) is 22.5 Å². The molecule has 1 aliphatic heterocycles. The van der Waals surface area contributed by atoms with Gasteiger partial charge in [-0.1, -0.05) is 35.9 Å². The van der Waals surface area contributed by atoms with E-state index in [0.29, 0.717) is 21.9 Å². The molecule has 1 atom stereocenters. The van der Waals surface area contributed by atoms with E-state index in [0.717, 1.165) is 5.56 Å². The molecule has 0 amide bonds. The third-order valence-electron chi connectivity index (χ3n) is 3.84. The highest BCUT2D eigenvalue weighted by Crippen LogP contribution is 2.28. The van der Waals surface area contributed by atoms with Gasteiger partial charge in [0.25, 0.3) is 5.69 Å². The van der Waals surface area contributed by atoms with E-state index in [1.165, 1.54) is 12.1 Å². The molecule has 0 bridgehead atoms. The number of aliphatic imine (C=N–C) groups is 1. The van der Waals surface area contributed by atoms with Gasteiger partial charge in [0.15, 0.2) is 5.78 Å². The normalized spacial score (nSPS) is 17.2. The van der Waals surface area contributed by atoms with Gasteiger partial charge in [-0.25, -0.2) is 0 Å². The molecule has 1 aliphatic rings. The van der Waals surface area contributed by atoms with Crippen molar-refractivity contribution < 1.29 is 9.72 Å². The van der Waals surface area contributed by atoms with Crippen LogP contribution in [0.4, 0.5) is 5.69 Å². The molecule has 23 heavy (non-hydrogen) atoms. The highest BCUT2D eigenvalue weighted by Gasteiger charge is 2.25. The van der Waals surface area contributed by atoms with Crippen molar-refractivity contribution in [2.45, 2.75) is 19.4 Å². The molecular formula is C17H13ClN2O3.